The second-order valence-corrected chi connectivity index (χ2v) is 5.02. The molecule has 19 heavy (non-hydrogen) atoms. The standard InChI is InChI=1S/C15H13N3S/c1-2-5-12(6-3-1)11-18-15-14(16-8-9-17-15)13-7-4-10-19-13/h1-10H,11H2,(H,17,18). The Kier molecular flexibility index (Phi) is 3.51. The number of thiophene rings is 1. The van der Waals surface area contributed by atoms with E-state index in [0.29, 0.717) is 0 Å². The van der Waals surface area contributed by atoms with E-state index in [9.17, 15) is 0 Å². The summed E-state index contributed by atoms with van der Waals surface area (Å²) in [7, 11) is 0. The maximum atomic E-state index is 4.42. The van der Waals surface area contributed by atoms with Crippen LogP contribution in [0.5, 0.6) is 0 Å². The van der Waals surface area contributed by atoms with Gasteiger partial charge in [0.2, 0.25) is 0 Å². The fourth-order valence-electron chi connectivity index (χ4n) is 1.84. The van der Waals surface area contributed by atoms with Crippen molar-refractivity contribution >= 4 is 17.2 Å². The molecule has 3 rings (SSSR count). The third kappa shape index (κ3) is 2.80. The normalized spacial score (nSPS) is 10.3. The average Bonchev–Trinajstić information content (AvgIpc) is 3.01. The van der Waals surface area contributed by atoms with Crippen molar-refractivity contribution in [1.29, 1.82) is 0 Å². The van der Waals surface area contributed by atoms with Crippen LogP contribution in [0.1, 0.15) is 5.56 Å². The maximum absolute atomic E-state index is 4.42. The molecule has 0 amide bonds. The number of hydrogen-bond donors (Lipinski definition) is 1. The molecular formula is C15H13N3S. The first-order valence-electron chi connectivity index (χ1n) is 6.06. The second kappa shape index (κ2) is 5.63. The third-order valence-electron chi connectivity index (χ3n) is 2.76. The largest absolute Gasteiger partial charge is 0.364 e. The molecule has 0 unspecified atom stereocenters. The van der Waals surface area contributed by atoms with Crippen molar-refractivity contribution in [3.63, 3.8) is 0 Å². The SMILES string of the molecule is c1ccc(CNc2nccnc2-c2cccs2)cc1. The fraction of sp³-hybridized carbons (Fsp3) is 0.0667. The molecule has 2 aromatic heterocycles. The Bertz CT molecular complexity index is 636. The quantitative estimate of drug-likeness (QED) is 0.781. The highest BCUT2D eigenvalue weighted by atomic mass is 32.1. The lowest BCUT2D eigenvalue weighted by molar-refractivity contribution is 1.09. The van der Waals surface area contributed by atoms with Gasteiger partial charge in [-0.25, -0.2) is 9.97 Å². The van der Waals surface area contributed by atoms with Gasteiger partial charge in [0.1, 0.15) is 5.69 Å². The van der Waals surface area contributed by atoms with Crippen molar-refractivity contribution in [3.8, 4) is 10.6 Å². The van der Waals surface area contributed by atoms with Gasteiger partial charge in [-0.2, -0.15) is 0 Å². The predicted molar refractivity (Wildman–Crippen MR) is 79.1 cm³/mol. The van der Waals surface area contributed by atoms with Gasteiger partial charge in [-0.3, -0.25) is 0 Å². The van der Waals surface area contributed by atoms with Crippen molar-refractivity contribution in [2.24, 2.45) is 0 Å². The molecule has 3 aromatic rings. The highest BCUT2D eigenvalue weighted by molar-refractivity contribution is 7.13. The summed E-state index contributed by atoms with van der Waals surface area (Å²) in [5.41, 5.74) is 2.14. The molecule has 1 aromatic carbocycles. The fourth-order valence-corrected chi connectivity index (χ4v) is 2.56. The number of aromatic nitrogens is 2. The van der Waals surface area contributed by atoms with E-state index in [1.165, 1.54) is 5.56 Å². The van der Waals surface area contributed by atoms with Gasteiger partial charge in [0, 0.05) is 18.9 Å². The zero-order chi connectivity index (χ0) is 12.9. The zero-order valence-corrected chi connectivity index (χ0v) is 11.1. The van der Waals surface area contributed by atoms with Crippen LogP contribution < -0.4 is 5.32 Å². The van der Waals surface area contributed by atoms with Crippen LogP contribution in [0.3, 0.4) is 0 Å². The molecular weight excluding hydrogens is 254 g/mol. The predicted octanol–water partition coefficient (Wildman–Crippen LogP) is 3.82. The lowest BCUT2D eigenvalue weighted by atomic mass is 10.2. The van der Waals surface area contributed by atoms with E-state index in [2.05, 4.69) is 33.5 Å². The minimum Gasteiger partial charge on any atom is -0.364 e. The van der Waals surface area contributed by atoms with Crippen LogP contribution in [-0.4, -0.2) is 9.97 Å². The summed E-state index contributed by atoms with van der Waals surface area (Å²) in [4.78, 5) is 9.93. The molecule has 0 aliphatic rings. The van der Waals surface area contributed by atoms with Crippen molar-refractivity contribution in [3.05, 3.63) is 65.8 Å². The zero-order valence-electron chi connectivity index (χ0n) is 10.3. The molecule has 2 heterocycles. The van der Waals surface area contributed by atoms with Crippen molar-refractivity contribution < 1.29 is 0 Å². The van der Waals surface area contributed by atoms with E-state index in [-0.39, 0.29) is 0 Å². The molecule has 0 atom stereocenters. The first kappa shape index (κ1) is 11.9. The van der Waals surface area contributed by atoms with Gasteiger partial charge < -0.3 is 5.32 Å². The summed E-state index contributed by atoms with van der Waals surface area (Å²) in [6, 6.07) is 14.4. The number of nitrogens with one attached hydrogen (secondary N) is 1. The maximum Gasteiger partial charge on any atom is 0.153 e. The van der Waals surface area contributed by atoms with E-state index in [4.69, 9.17) is 0 Å². The summed E-state index contributed by atoms with van der Waals surface area (Å²) in [5, 5.41) is 5.40. The van der Waals surface area contributed by atoms with Gasteiger partial charge in [-0.1, -0.05) is 36.4 Å². The van der Waals surface area contributed by atoms with E-state index < -0.39 is 0 Å². The Morgan fingerprint density at radius 1 is 0.947 bits per heavy atom. The number of anilines is 1. The Morgan fingerprint density at radius 2 is 1.79 bits per heavy atom. The van der Waals surface area contributed by atoms with E-state index >= 15 is 0 Å². The van der Waals surface area contributed by atoms with Crippen LogP contribution in [0.2, 0.25) is 0 Å². The Morgan fingerprint density at radius 3 is 2.58 bits per heavy atom. The summed E-state index contributed by atoms with van der Waals surface area (Å²) in [6.07, 6.45) is 3.44. The lowest BCUT2D eigenvalue weighted by Crippen LogP contribution is -2.03. The van der Waals surface area contributed by atoms with E-state index in [0.717, 1.165) is 22.9 Å². The van der Waals surface area contributed by atoms with E-state index in [1.54, 1.807) is 23.7 Å². The van der Waals surface area contributed by atoms with Crippen LogP contribution in [0, 0.1) is 0 Å². The van der Waals surface area contributed by atoms with Gasteiger partial charge in [-0.05, 0) is 17.0 Å². The molecule has 94 valence electrons. The van der Waals surface area contributed by atoms with Crippen molar-refractivity contribution in [1.82, 2.24) is 9.97 Å². The topological polar surface area (TPSA) is 37.8 Å². The Balaban J connectivity index is 1.82. The molecule has 0 bridgehead atoms. The first-order valence-corrected chi connectivity index (χ1v) is 6.94. The molecule has 0 spiro atoms. The van der Waals surface area contributed by atoms with Crippen LogP contribution in [0.25, 0.3) is 10.6 Å². The number of nitrogens with zero attached hydrogens (tertiary/aromatic N) is 2. The van der Waals surface area contributed by atoms with Gasteiger partial charge >= 0.3 is 0 Å². The van der Waals surface area contributed by atoms with Crippen LogP contribution in [0.4, 0.5) is 5.82 Å². The minimum absolute atomic E-state index is 0.748. The molecule has 0 fully saturated rings. The number of benzene rings is 1. The molecule has 4 heteroatoms. The molecule has 0 aliphatic heterocycles. The molecule has 3 nitrogen and oxygen atoms in total. The third-order valence-corrected chi connectivity index (χ3v) is 3.63. The van der Waals surface area contributed by atoms with Crippen LogP contribution in [-0.2, 0) is 6.54 Å². The van der Waals surface area contributed by atoms with Gasteiger partial charge in [0.05, 0.1) is 4.88 Å². The molecule has 1 N–H and O–H groups in total. The summed E-state index contributed by atoms with van der Waals surface area (Å²) in [6.45, 7) is 0.748. The molecule has 0 aliphatic carbocycles. The summed E-state index contributed by atoms with van der Waals surface area (Å²) >= 11 is 1.67. The minimum atomic E-state index is 0.748. The van der Waals surface area contributed by atoms with Gasteiger partial charge in [0.15, 0.2) is 5.82 Å². The molecule has 0 radical (unpaired) electrons. The van der Waals surface area contributed by atoms with Crippen LogP contribution >= 0.6 is 11.3 Å². The Hall–Kier alpha value is -2.20. The molecule has 0 saturated carbocycles. The highest BCUT2D eigenvalue weighted by Crippen LogP contribution is 2.27. The van der Waals surface area contributed by atoms with Crippen molar-refractivity contribution in [2.45, 2.75) is 6.54 Å². The average molecular weight is 267 g/mol. The number of rotatable bonds is 4. The van der Waals surface area contributed by atoms with E-state index in [1.807, 2.05) is 29.6 Å². The number of hydrogen-bond acceptors (Lipinski definition) is 4. The monoisotopic (exact) mass is 267 g/mol. The van der Waals surface area contributed by atoms with Gasteiger partial charge in [-0.15, -0.1) is 11.3 Å². The first-order chi connectivity index (χ1) is 9.43. The summed E-state index contributed by atoms with van der Waals surface area (Å²) < 4.78 is 0. The Labute approximate surface area is 116 Å². The van der Waals surface area contributed by atoms with Crippen molar-refractivity contribution in [2.75, 3.05) is 5.32 Å². The van der Waals surface area contributed by atoms with Gasteiger partial charge in [0.25, 0.3) is 0 Å². The highest BCUT2D eigenvalue weighted by Gasteiger charge is 2.08. The lowest BCUT2D eigenvalue weighted by Gasteiger charge is -2.08. The summed E-state index contributed by atoms with van der Waals surface area (Å²) in [5.74, 6) is 0.828. The van der Waals surface area contributed by atoms with Crippen LogP contribution in [0.15, 0.2) is 60.2 Å². The smallest absolute Gasteiger partial charge is 0.153 e. The molecule has 0 saturated heterocycles. The second-order valence-electron chi connectivity index (χ2n) is 4.07.